The second kappa shape index (κ2) is 13.8. The maximum atomic E-state index is 12.4. The van der Waals surface area contributed by atoms with E-state index in [1.807, 2.05) is 24.3 Å². The Morgan fingerprint density at radius 3 is 2.42 bits per heavy atom. The fourth-order valence-corrected chi connectivity index (χ4v) is 3.28. The van der Waals surface area contributed by atoms with Crippen LogP contribution in [0.15, 0.2) is 46.9 Å². The highest BCUT2D eigenvalue weighted by Crippen LogP contribution is 2.26. The first-order valence-electron chi connectivity index (χ1n) is 10.4. The molecule has 1 atom stereocenters. The first-order valence-corrected chi connectivity index (χ1v) is 11.6. The first kappa shape index (κ1) is 26.6. The topological polar surface area (TPSA) is 97.9 Å². The average Bonchev–Trinajstić information content (AvgIpc) is 2.82. The molecule has 2 aromatic carbocycles. The van der Waals surface area contributed by atoms with Gasteiger partial charge in [-0.15, -0.1) is 0 Å². The van der Waals surface area contributed by atoms with E-state index < -0.39 is 11.8 Å². The molecule has 2 rings (SSSR count). The minimum absolute atomic E-state index is 0.0530. The molecule has 0 aliphatic rings. The lowest BCUT2D eigenvalue weighted by Gasteiger charge is -2.13. The van der Waals surface area contributed by atoms with Crippen molar-refractivity contribution in [3.05, 3.63) is 58.1 Å². The average molecular weight is 538 g/mol. The smallest absolute Gasteiger partial charge is 0.276 e. The fourth-order valence-electron chi connectivity index (χ4n) is 2.64. The zero-order valence-electron chi connectivity index (χ0n) is 18.8. The first-order chi connectivity index (χ1) is 15.8. The molecule has 0 saturated heterocycles. The van der Waals surface area contributed by atoms with Gasteiger partial charge < -0.3 is 14.2 Å². The third kappa shape index (κ3) is 8.99. The molecule has 8 nitrogen and oxygen atoms in total. The third-order valence-electron chi connectivity index (χ3n) is 4.71. The van der Waals surface area contributed by atoms with Gasteiger partial charge in [0, 0.05) is 12.7 Å². The van der Waals surface area contributed by atoms with E-state index in [1.165, 1.54) is 5.56 Å². The number of hydrogen-bond donors (Lipinski definition) is 3. The molecule has 10 heteroatoms. The predicted molar refractivity (Wildman–Crippen MR) is 133 cm³/mol. The summed E-state index contributed by atoms with van der Waals surface area (Å²) in [4.78, 5) is 24.4. The molecule has 0 aromatic heterocycles. The van der Waals surface area contributed by atoms with Crippen LogP contribution < -0.4 is 25.6 Å². The lowest BCUT2D eigenvalue weighted by Crippen LogP contribution is -2.49. The standard InChI is InChI=1S/C23H28BrN3O5S/c1-4-15(2)16-5-8-18(9-6-16)32-14-21(28)26-27-23(33)25-22(29)17-7-10-20(19(24)13-17)31-12-11-30-3/h5-10,13,15H,4,11-12,14H2,1-3H3,(H,26,28)(H2,25,27,29,33). The van der Waals surface area contributed by atoms with Crippen molar-refractivity contribution in [3.63, 3.8) is 0 Å². The highest BCUT2D eigenvalue weighted by molar-refractivity contribution is 9.10. The Morgan fingerprint density at radius 1 is 1.06 bits per heavy atom. The Morgan fingerprint density at radius 2 is 1.79 bits per heavy atom. The molecule has 178 valence electrons. The highest BCUT2D eigenvalue weighted by atomic mass is 79.9. The van der Waals surface area contributed by atoms with Crippen molar-refractivity contribution in [3.8, 4) is 11.5 Å². The van der Waals surface area contributed by atoms with E-state index >= 15 is 0 Å². The molecule has 0 aliphatic heterocycles. The normalized spacial score (nSPS) is 11.3. The van der Waals surface area contributed by atoms with E-state index in [0.717, 1.165) is 6.42 Å². The highest BCUT2D eigenvalue weighted by Gasteiger charge is 2.12. The van der Waals surface area contributed by atoms with Crippen molar-refractivity contribution >= 4 is 45.1 Å². The molecule has 0 radical (unpaired) electrons. The molecule has 2 aromatic rings. The van der Waals surface area contributed by atoms with Gasteiger partial charge in [0.1, 0.15) is 18.1 Å². The maximum Gasteiger partial charge on any atom is 0.276 e. The number of ether oxygens (including phenoxy) is 3. The van der Waals surface area contributed by atoms with Gasteiger partial charge in [0.05, 0.1) is 11.1 Å². The number of carbonyl (C=O) groups is 2. The van der Waals surface area contributed by atoms with Crippen LogP contribution in [-0.4, -0.2) is 43.9 Å². The number of benzene rings is 2. The number of thiocarbonyl (C=S) groups is 1. The van der Waals surface area contributed by atoms with Crippen molar-refractivity contribution in [2.24, 2.45) is 0 Å². The molecule has 33 heavy (non-hydrogen) atoms. The predicted octanol–water partition coefficient (Wildman–Crippen LogP) is 3.70. The maximum absolute atomic E-state index is 12.4. The zero-order chi connectivity index (χ0) is 24.2. The Hall–Kier alpha value is -2.69. The van der Waals surface area contributed by atoms with Crippen LogP contribution in [0.5, 0.6) is 11.5 Å². The summed E-state index contributed by atoms with van der Waals surface area (Å²) in [7, 11) is 1.59. The molecule has 0 heterocycles. The summed E-state index contributed by atoms with van der Waals surface area (Å²) < 4.78 is 16.6. The third-order valence-corrected chi connectivity index (χ3v) is 5.54. The van der Waals surface area contributed by atoms with Gasteiger partial charge in [0.15, 0.2) is 11.7 Å². The number of methoxy groups -OCH3 is 1. The van der Waals surface area contributed by atoms with Gasteiger partial charge in [-0.3, -0.25) is 25.8 Å². The Balaban J connectivity index is 1.75. The van der Waals surface area contributed by atoms with Crippen LogP contribution in [0.2, 0.25) is 0 Å². The second-order valence-electron chi connectivity index (χ2n) is 7.11. The fraction of sp³-hybridized carbons (Fsp3) is 0.348. The van der Waals surface area contributed by atoms with E-state index in [9.17, 15) is 9.59 Å². The Kier molecular flexibility index (Phi) is 11.1. The van der Waals surface area contributed by atoms with Crippen molar-refractivity contribution in [1.82, 2.24) is 16.2 Å². The number of halogens is 1. The van der Waals surface area contributed by atoms with E-state index in [0.29, 0.717) is 40.7 Å². The number of nitrogens with one attached hydrogen (secondary N) is 3. The Bertz CT molecular complexity index is 956. The summed E-state index contributed by atoms with van der Waals surface area (Å²) in [6, 6.07) is 12.5. The summed E-state index contributed by atoms with van der Waals surface area (Å²) >= 11 is 8.43. The van der Waals surface area contributed by atoms with Crippen LogP contribution in [0.25, 0.3) is 0 Å². The lowest BCUT2D eigenvalue weighted by atomic mass is 9.99. The van der Waals surface area contributed by atoms with Gasteiger partial charge >= 0.3 is 0 Å². The van der Waals surface area contributed by atoms with Gasteiger partial charge in [-0.1, -0.05) is 26.0 Å². The molecular formula is C23H28BrN3O5S. The number of amides is 2. The second-order valence-corrected chi connectivity index (χ2v) is 8.37. The van der Waals surface area contributed by atoms with Crippen LogP contribution in [0.4, 0.5) is 0 Å². The molecule has 3 N–H and O–H groups in total. The van der Waals surface area contributed by atoms with E-state index in [-0.39, 0.29) is 11.7 Å². The summed E-state index contributed by atoms with van der Waals surface area (Å²) in [5.41, 5.74) is 6.45. The zero-order valence-corrected chi connectivity index (χ0v) is 21.2. The minimum atomic E-state index is -0.446. The molecule has 0 saturated carbocycles. The largest absolute Gasteiger partial charge is 0.490 e. The Labute approximate surface area is 207 Å². The van der Waals surface area contributed by atoms with Crippen LogP contribution in [0, 0.1) is 0 Å². The van der Waals surface area contributed by atoms with Crippen molar-refractivity contribution in [2.75, 3.05) is 26.9 Å². The summed E-state index contributed by atoms with van der Waals surface area (Å²) in [6.45, 7) is 4.93. The number of hydrogen-bond acceptors (Lipinski definition) is 6. The van der Waals surface area contributed by atoms with Gasteiger partial charge in [0.2, 0.25) is 0 Å². The molecular weight excluding hydrogens is 510 g/mol. The van der Waals surface area contributed by atoms with E-state index in [1.54, 1.807) is 25.3 Å². The molecule has 2 amide bonds. The minimum Gasteiger partial charge on any atom is -0.490 e. The van der Waals surface area contributed by atoms with Crippen LogP contribution in [-0.2, 0) is 9.53 Å². The number of hydrazine groups is 1. The van der Waals surface area contributed by atoms with Gasteiger partial charge in [0.25, 0.3) is 11.8 Å². The van der Waals surface area contributed by atoms with Gasteiger partial charge in [-0.25, -0.2) is 0 Å². The van der Waals surface area contributed by atoms with Crippen LogP contribution in [0.3, 0.4) is 0 Å². The quantitative estimate of drug-likeness (QED) is 0.241. The van der Waals surface area contributed by atoms with Crippen molar-refractivity contribution < 1.29 is 23.8 Å². The van der Waals surface area contributed by atoms with Gasteiger partial charge in [-0.05, 0) is 76.4 Å². The van der Waals surface area contributed by atoms with E-state index in [2.05, 4.69) is 45.9 Å². The van der Waals surface area contributed by atoms with Crippen molar-refractivity contribution in [2.45, 2.75) is 26.2 Å². The molecule has 0 spiro atoms. The lowest BCUT2D eigenvalue weighted by molar-refractivity contribution is -0.123. The number of rotatable bonds is 10. The summed E-state index contributed by atoms with van der Waals surface area (Å²) in [5.74, 6) is 0.761. The molecule has 0 bridgehead atoms. The van der Waals surface area contributed by atoms with Crippen molar-refractivity contribution in [1.29, 1.82) is 0 Å². The summed E-state index contributed by atoms with van der Waals surface area (Å²) in [6.07, 6.45) is 1.05. The SMILES string of the molecule is CCC(C)c1ccc(OCC(=O)NNC(=S)NC(=O)c2ccc(OCCOC)c(Br)c2)cc1. The van der Waals surface area contributed by atoms with E-state index in [4.69, 9.17) is 26.4 Å². The molecule has 0 fully saturated rings. The van der Waals surface area contributed by atoms with Crippen LogP contribution in [0.1, 0.15) is 42.1 Å². The molecule has 0 aliphatic carbocycles. The monoisotopic (exact) mass is 537 g/mol. The van der Waals surface area contributed by atoms with Gasteiger partial charge in [-0.2, -0.15) is 0 Å². The molecule has 1 unspecified atom stereocenters. The summed E-state index contributed by atoms with van der Waals surface area (Å²) in [5, 5.41) is 2.44. The number of carbonyl (C=O) groups excluding carboxylic acids is 2. The van der Waals surface area contributed by atoms with Crippen LogP contribution >= 0.6 is 28.1 Å².